The van der Waals surface area contributed by atoms with Crippen molar-refractivity contribution in [1.82, 2.24) is 14.5 Å². The van der Waals surface area contributed by atoms with Crippen LogP contribution in [0, 0.1) is 12.7 Å². The van der Waals surface area contributed by atoms with Gasteiger partial charge in [-0.3, -0.25) is 4.79 Å². The summed E-state index contributed by atoms with van der Waals surface area (Å²) in [6.07, 6.45) is 0. The van der Waals surface area contributed by atoms with E-state index in [4.69, 9.17) is 0 Å². The molecule has 0 saturated carbocycles. The van der Waals surface area contributed by atoms with E-state index >= 15 is 0 Å². The molecule has 0 unspecified atom stereocenters. The maximum Gasteiger partial charge on any atom is 0.243 e. The zero-order valence-corrected chi connectivity index (χ0v) is 21.7. The number of benzene rings is 2. The van der Waals surface area contributed by atoms with E-state index < -0.39 is 21.1 Å². The summed E-state index contributed by atoms with van der Waals surface area (Å²) in [5.74, 6) is -0.709. The van der Waals surface area contributed by atoms with Gasteiger partial charge in [0.15, 0.2) is 4.34 Å². The van der Waals surface area contributed by atoms with Crippen LogP contribution in [-0.4, -0.2) is 47.2 Å². The van der Waals surface area contributed by atoms with E-state index in [0.29, 0.717) is 33.8 Å². The lowest BCUT2D eigenvalue weighted by Gasteiger charge is -2.20. The topological polar surface area (TPSA) is 104 Å². The first-order chi connectivity index (χ1) is 16.1. The normalized spacial score (nSPS) is 12.5. The van der Waals surface area contributed by atoms with Crippen LogP contribution in [0.3, 0.4) is 0 Å². The summed E-state index contributed by atoms with van der Waals surface area (Å²) in [6, 6.07) is 11.1. The first-order valence-corrected chi connectivity index (χ1v) is 13.7. The number of rotatable bonds is 10. The number of para-hydroxylation sites is 1. The van der Waals surface area contributed by atoms with Crippen LogP contribution in [0.1, 0.15) is 26.3 Å². The second-order valence-corrected chi connectivity index (χ2v) is 11.8. The van der Waals surface area contributed by atoms with E-state index in [1.807, 2.05) is 0 Å². The van der Waals surface area contributed by atoms with Crippen molar-refractivity contribution in [2.75, 3.05) is 23.7 Å². The third-order valence-corrected chi connectivity index (χ3v) is 9.16. The van der Waals surface area contributed by atoms with Gasteiger partial charge in [-0.1, -0.05) is 55.1 Å². The summed E-state index contributed by atoms with van der Waals surface area (Å²) in [7, 11) is -3.66. The molecule has 0 saturated heterocycles. The fraction of sp³-hybridized carbons (Fsp3) is 0.318. The van der Waals surface area contributed by atoms with Crippen molar-refractivity contribution in [2.24, 2.45) is 0 Å². The highest BCUT2D eigenvalue weighted by molar-refractivity contribution is 8.02. The van der Waals surface area contributed by atoms with Crippen LogP contribution in [-0.2, 0) is 14.8 Å². The predicted molar refractivity (Wildman–Crippen MR) is 135 cm³/mol. The highest BCUT2D eigenvalue weighted by Gasteiger charge is 2.25. The maximum atomic E-state index is 13.8. The molecule has 0 aliphatic heterocycles. The van der Waals surface area contributed by atoms with Crippen LogP contribution in [0.4, 0.5) is 20.9 Å². The predicted octanol–water partition coefficient (Wildman–Crippen LogP) is 4.88. The maximum absolute atomic E-state index is 13.8. The highest BCUT2D eigenvalue weighted by Crippen LogP contribution is 2.31. The Balaban J connectivity index is 1.67. The second kappa shape index (κ2) is 11.3. The van der Waals surface area contributed by atoms with Crippen LogP contribution in [0.25, 0.3) is 0 Å². The minimum atomic E-state index is -3.66. The number of anilines is 3. The van der Waals surface area contributed by atoms with Crippen molar-refractivity contribution in [3.8, 4) is 0 Å². The van der Waals surface area contributed by atoms with Crippen molar-refractivity contribution in [1.29, 1.82) is 0 Å². The van der Waals surface area contributed by atoms with Gasteiger partial charge in [-0.05, 0) is 43.7 Å². The van der Waals surface area contributed by atoms with Gasteiger partial charge in [0.05, 0.1) is 15.8 Å². The highest BCUT2D eigenvalue weighted by atomic mass is 32.2. The molecule has 1 amide bonds. The Bertz CT molecular complexity index is 1260. The first-order valence-electron chi connectivity index (χ1n) is 10.6. The van der Waals surface area contributed by atoms with Gasteiger partial charge in [-0.15, -0.1) is 10.2 Å². The fourth-order valence-electron chi connectivity index (χ4n) is 3.09. The fourth-order valence-corrected chi connectivity index (χ4v) is 6.71. The molecule has 2 aromatic carbocycles. The first kappa shape index (κ1) is 26.1. The average molecular weight is 524 g/mol. The number of thioether (sulfide) groups is 1. The molecule has 0 fully saturated rings. The molecular formula is C22H26FN5O3S3. The Labute approximate surface area is 207 Å². The van der Waals surface area contributed by atoms with E-state index in [0.717, 1.165) is 0 Å². The summed E-state index contributed by atoms with van der Waals surface area (Å²) in [5, 5.41) is 13.6. The van der Waals surface area contributed by atoms with Crippen LogP contribution in [0.15, 0.2) is 51.7 Å². The number of carbonyl (C=O) groups excluding carboxylic acids is 1. The largest absolute Gasteiger partial charge is 0.328 e. The molecule has 1 heterocycles. The Morgan fingerprint density at radius 3 is 2.56 bits per heavy atom. The molecule has 2 N–H and O–H groups in total. The van der Waals surface area contributed by atoms with Gasteiger partial charge in [-0.25, -0.2) is 12.8 Å². The third kappa shape index (κ3) is 6.12. The molecule has 8 nitrogen and oxygen atoms in total. The van der Waals surface area contributed by atoms with Crippen LogP contribution in [0.5, 0.6) is 0 Å². The number of hydrogen-bond acceptors (Lipinski definition) is 8. The average Bonchev–Trinajstić information content (AvgIpc) is 3.23. The molecule has 1 aromatic heterocycles. The van der Waals surface area contributed by atoms with E-state index in [2.05, 4.69) is 20.8 Å². The van der Waals surface area contributed by atoms with E-state index in [1.54, 1.807) is 58.0 Å². The lowest BCUT2D eigenvalue weighted by atomic mass is 10.2. The molecule has 1 atom stereocenters. The summed E-state index contributed by atoms with van der Waals surface area (Å²) in [4.78, 5) is 12.9. The molecule has 0 bridgehead atoms. The van der Waals surface area contributed by atoms with E-state index in [-0.39, 0.29) is 16.5 Å². The number of aromatic nitrogens is 2. The number of carbonyl (C=O) groups is 1. The molecule has 0 radical (unpaired) electrons. The molecule has 34 heavy (non-hydrogen) atoms. The number of sulfonamides is 1. The summed E-state index contributed by atoms with van der Waals surface area (Å²) < 4.78 is 41.6. The zero-order chi connectivity index (χ0) is 24.9. The monoisotopic (exact) mass is 523 g/mol. The summed E-state index contributed by atoms with van der Waals surface area (Å²) >= 11 is 2.41. The van der Waals surface area contributed by atoms with Gasteiger partial charge in [0.2, 0.25) is 21.1 Å². The van der Waals surface area contributed by atoms with Gasteiger partial charge in [-0.2, -0.15) is 4.31 Å². The smallest absolute Gasteiger partial charge is 0.243 e. The van der Waals surface area contributed by atoms with Crippen molar-refractivity contribution in [3.63, 3.8) is 0 Å². The number of halogens is 1. The zero-order valence-electron chi connectivity index (χ0n) is 19.2. The lowest BCUT2D eigenvalue weighted by molar-refractivity contribution is -0.115. The molecule has 0 aliphatic carbocycles. The van der Waals surface area contributed by atoms with Gasteiger partial charge < -0.3 is 10.6 Å². The Hall–Kier alpha value is -2.54. The van der Waals surface area contributed by atoms with Gasteiger partial charge in [0.25, 0.3) is 0 Å². The minimum Gasteiger partial charge on any atom is -0.328 e. The lowest BCUT2D eigenvalue weighted by Crippen LogP contribution is -2.31. The standard InChI is InChI=1S/C22H26FN5O3S3/c1-5-28(6-2)34(30,31)19-13-16(12-11-14(19)3)24-20(29)15(4)32-22-27-26-21(33-22)25-18-10-8-7-9-17(18)23/h7-13,15H,5-6H2,1-4H3,(H,24,29)(H,25,26)/t15-/m0/s1. The molecule has 182 valence electrons. The number of amides is 1. The van der Waals surface area contributed by atoms with Gasteiger partial charge in [0.1, 0.15) is 5.82 Å². The SMILES string of the molecule is CCN(CC)S(=O)(=O)c1cc(NC(=O)[C@H](C)Sc2nnc(Nc3ccccc3F)s2)ccc1C. The molecule has 0 aliphatic rings. The van der Waals surface area contributed by atoms with Crippen molar-refractivity contribution in [3.05, 3.63) is 53.8 Å². The molecule has 3 rings (SSSR count). The van der Waals surface area contributed by atoms with E-state index in [9.17, 15) is 17.6 Å². The minimum absolute atomic E-state index is 0.169. The Morgan fingerprint density at radius 1 is 1.18 bits per heavy atom. The molecule has 12 heteroatoms. The van der Waals surface area contributed by atoms with Gasteiger partial charge >= 0.3 is 0 Å². The van der Waals surface area contributed by atoms with Crippen LogP contribution in [0.2, 0.25) is 0 Å². The summed E-state index contributed by atoms with van der Waals surface area (Å²) in [6.45, 7) is 7.73. The van der Waals surface area contributed by atoms with Crippen LogP contribution >= 0.6 is 23.1 Å². The number of aryl methyl sites for hydroxylation is 1. The van der Waals surface area contributed by atoms with Gasteiger partial charge in [0, 0.05) is 18.8 Å². The third-order valence-electron chi connectivity index (χ3n) is 4.95. The Kier molecular flexibility index (Phi) is 8.63. The second-order valence-electron chi connectivity index (χ2n) is 7.30. The number of hydrogen-bond donors (Lipinski definition) is 2. The van der Waals surface area contributed by atoms with Crippen molar-refractivity contribution < 1.29 is 17.6 Å². The number of nitrogens with zero attached hydrogens (tertiary/aromatic N) is 3. The molecule has 3 aromatic rings. The quantitative estimate of drug-likeness (QED) is 0.365. The van der Waals surface area contributed by atoms with E-state index in [1.165, 1.54) is 39.5 Å². The van der Waals surface area contributed by atoms with Crippen molar-refractivity contribution >= 4 is 55.5 Å². The Morgan fingerprint density at radius 2 is 1.88 bits per heavy atom. The summed E-state index contributed by atoms with van der Waals surface area (Å²) in [5.41, 5.74) is 1.29. The van der Waals surface area contributed by atoms with Crippen LogP contribution < -0.4 is 10.6 Å². The molecule has 0 spiro atoms. The number of nitrogens with one attached hydrogen (secondary N) is 2. The van der Waals surface area contributed by atoms with Crippen molar-refractivity contribution in [2.45, 2.75) is 42.2 Å². The molecular weight excluding hydrogens is 497 g/mol.